The molecule has 0 aromatic rings. The Morgan fingerprint density at radius 2 is 1.62 bits per heavy atom. The Morgan fingerprint density at radius 1 is 1.00 bits per heavy atom. The van der Waals surface area contributed by atoms with Gasteiger partial charge in [-0.1, -0.05) is 26.8 Å². The van der Waals surface area contributed by atoms with Gasteiger partial charge in [0.25, 0.3) is 0 Å². The zero-order valence-electron chi connectivity index (χ0n) is 14.5. The van der Waals surface area contributed by atoms with E-state index in [4.69, 9.17) is 18.0 Å². The van der Waals surface area contributed by atoms with Crippen molar-refractivity contribution in [3.8, 4) is 0 Å². The summed E-state index contributed by atoms with van der Waals surface area (Å²) < 4.78 is 23.8. The molecule has 5 heteroatoms. The Morgan fingerprint density at radius 3 is 2.10 bits per heavy atom. The highest BCUT2D eigenvalue weighted by molar-refractivity contribution is 6.60. The predicted molar refractivity (Wildman–Crippen MR) is 89.3 cm³/mol. The minimum atomic E-state index is -2.59. The number of rotatable bonds is 14. The normalized spacial score (nSPS) is 13.8. The summed E-state index contributed by atoms with van der Waals surface area (Å²) in [4.78, 5) is 0. The molecule has 0 aliphatic heterocycles. The standard InChI is InChI=1S/C16H34O4Si/c1-6-11-17-14-10-15-21(18-12-7-2,19-13-8-3)20-16(5)9-4/h6,11,16H,7-10,12-15H2,1-5H3. The van der Waals surface area contributed by atoms with Crippen LogP contribution in [0.4, 0.5) is 0 Å². The van der Waals surface area contributed by atoms with Crippen LogP contribution in [0.2, 0.25) is 6.04 Å². The summed E-state index contributed by atoms with van der Waals surface area (Å²) in [5.41, 5.74) is 0. The van der Waals surface area contributed by atoms with Gasteiger partial charge in [0.05, 0.1) is 12.9 Å². The first-order valence-corrected chi connectivity index (χ1v) is 10.3. The van der Waals surface area contributed by atoms with E-state index in [0.29, 0.717) is 19.8 Å². The Hall–Kier alpha value is -0.363. The minimum absolute atomic E-state index is 0.168. The number of allylic oxidation sites excluding steroid dienone is 1. The highest BCUT2D eigenvalue weighted by Gasteiger charge is 2.41. The summed E-state index contributed by atoms with van der Waals surface area (Å²) in [5, 5.41) is 0. The number of hydrogen-bond donors (Lipinski definition) is 0. The molecule has 1 atom stereocenters. The number of hydrogen-bond acceptors (Lipinski definition) is 4. The van der Waals surface area contributed by atoms with Gasteiger partial charge in [0.15, 0.2) is 0 Å². The lowest BCUT2D eigenvalue weighted by atomic mass is 10.3. The summed E-state index contributed by atoms with van der Waals surface area (Å²) >= 11 is 0. The lowest BCUT2D eigenvalue weighted by Gasteiger charge is -2.32. The Balaban J connectivity index is 4.61. The van der Waals surface area contributed by atoms with Crippen molar-refractivity contribution in [2.75, 3.05) is 19.8 Å². The summed E-state index contributed by atoms with van der Waals surface area (Å²) in [6.07, 6.45) is 7.59. The average Bonchev–Trinajstić information content (AvgIpc) is 2.50. The zero-order chi connectivity index (χ0) is 16.0. The van der Waals surface area contributed by atoms with Crippen LogP contribution in [-0.4, -0.2) is 34.7 Å². The van der Waals surface area contributed by atoms with Crippen LogP contribution in [0.25, 0.3) is 0 Å². The predicted octanol–water partition coefficient (Wildman–Crippen LogP) is 4.53. The fourth-order valence-electron chi connectivity index (χ4n) is 1.75. The molecule has 0 rings (SSSR count). The summed E-state index contributed by atoms with van der Waals surface area (Å²) in [5.74, 6) is 0. The van der Waals surface area contributed by atoms with Crippen molar-refractivity contribution >= 4 is 8.80 Å². The molecule has 0 aliphatic carbocycles. The Kier molecular flexibility index (Phi) is 13.1. The van der Waals surface area contributed by atoms with E-state index in [9.17, 15) is 0 Å². The highest BCUT2D eigenvalue weighted by Crippen LogP contribution is 2.22. The average molecular weight is 319 g/mol. The highest BCUT2D eigenvalue weighted by atomic mass is 28.4. The molecule has 4 nitrogen and oxygen atoms in total. The van der Waals surface area contributed by atoms with Gasteiger partial charge in [-0.2, -0.15) is 0 Å². The van der Waals surface area contributed by atoms with E-state index in [1.54, 1.807) is 6.26 Å². The number of ether oxygens (including phenoxy) is 1. The third kappa shape index (κ3) is 10.1. The molecule has 0 aromatic carbocycles. The fourth-order valence-corrected chi connectivity index (χ4v) is 4.77. The lowest BCUT2D eigenvalue weighted by Crippen LogP contribution is -2.48. The molecule has 0 saturated heterocycles. The molecular formula is C16H34O4Si. The van der Waals surface area contributed by atoms with Crippen molar-refractivity contribution in [1.29, 1.82) is 0 Å². The van der Waals surface area contributed by atoms with Crippen LogP contribution in [0.3, 0.4) is 0 Å². The fraction of sp³-hybridized carbons (Fsp3) is 0.875. The summed E-state index contributed by atoms with van der Waals surface area (Å²) in [6, 6.07) is 0.814. The third-order valence-electron chi connectivity index (χ3n) is 2.99. The second-order valence-corrected chi connectivity index (χ2v) is 7.84. The van der Waals surface area contributed by atoms with Gasteiger partial charge in [-0.15, -0.1) is 0 Å². The Bertz CT molecular complexity index is 251. The lowest BCUT2D eigenvalue weighted by molar-refractivity contribution is 0.0296. The maximum absolute atomic E-state index is 6.22. The quantitative estimate of drug-likeness (QED) is 0.268. The van der Waals surface area contributed by atoms with E-state index in [2.05, 4.69) is 27.7 Å². The van der Waals surface area contributed by atoms with Gasteiger partial charge in [0.1, 0.15) is 0 Å². The smallest absolute Gasteiger partial charge is 0.501 e. The van der Waals surface area contributed by atoms with Crippen LogP contribution in [0.1, 0.15) is 60.3 Å². The first kappa shape index (κ1) is 20.6. The molecule has 0 radical (unpaired) electrons. The van der Waals surface area contributed by atoms with Crippen molar-refractivity contribution in [3.05, 3.63) is 12.3 Å². The minimum Gasteiger partial charge on any atom is -0.502 e. The monoisotopic (exact) mass is 318 g/mol. The van der Waals surface area contributed by atoms with Gasteiger partial charge >= 0.3 is 8.80 Å². The van der Waals surface area contributed by atoms with Crippen molar-refractivity contribution < 1.29 is 18.0 Å². The molecule has 0 saturated carbocycles. The van der Waals surface area contributed by atoms with E-state index in [1.807, 2.05) is 13.0 Å². The third-order valence-corrected chi connectivity index (χ3v) is 6.00. The van der Waals surface area contributed by atoms with Crippen LogP contribution in [-0.2, 0) is 18.0 Å². The van der Waals surface area contributed by atoms with Crippen LogP contribution in [0, 0.1) is 0 Å². The van der Waals surface area contributed by atoms with Gasteiger partial charge in [-0.05, 0) is 39.5 Å². The van der Waals surface area contributed by atoms with Gasteiger partial charge in [0, 0.05) is 25.4 Å². The van der Waals surface area contributed by atoms with Crippen LogP contribution in [0.5, 0.6) is 0 Å². The van der Waals surface area contributed by atoms with E-state index in [0.717, 1.165) is 31.7 Å². The molecule has 126 valence electrons. The first-order valence-electron chi connectivity index (χ1n) is 8.32. The second-order valence-electron chi connectivity index (χ2n) is 5.16. The molecule has 0 fully saturated rings. The van der Waals surface area contributed by atoms with Crippen LogP contribution >= 0.6 is 0 Å². The van der Waals surface area contributed by atoms with E-state index in [1.165, 1.54) is 0 Å². The summed E-state index contributed by atoms with van der Waals surface area (Å²) in [6.45, 7) is 12.4. The molecule has 0 aliphatic rings. The van der Waals surface area contributed by atoms with Crippen molar-refractivity contribution in [2.45, 2.75) is 72.5 Å². The van der Waals surface area contributed by atoms with Crippen LogP contribution in [0.15, 0.2) is 12.3 Å². The van der Waals surface area contributed by atoms with E-state index in [-0.39, 0.29) is 6.10 Å². The van der Waals surface area contributed by atoms with Gasteiger partial charge < -0.3 is 18.0 Å². The molecule has 0 heterocycles. The van der Waals surface area contributed by atoms with Gasteiger partial charge in [0.2, 0.25) is 0 Å². The molecule has 0 spiro atoms. The maximum atomic E-state index is 6.22. The van der Waals surface area contributed by atoms with Gasteiger partial charge in [-0.25, -0.2) is 0 Å². The summed E-state index contributed by atoms with van der Waals surface area (Å²) in [7, 11) is -2.59. The maximum Gasteiger partial charge on any atom is 0.501 e. The van der Waals surface area contributed by atoms with E-state index < -0.39 is 8.80 Å². The van der Waals surface area contributed by atoms with Crippen molar-refractivity contribution in [1.82, 2.24) is 0 Å². The largest absolute Gasteiger partial charge is 0.502 e. The SMILES string of the molecule is CC=COCCC[Si](OCCC)(OCCC)OC(C)CC. The Labute approximate surface area is 132 Å². The molecule has 0 bridgehead atoms. The van der Waals surface area contributed by atoms with Crippen molar-refractivity contribution in [3.63, 3.8) is 0 Å². The molecular weight excluding hydrogens is 284 g/mol. The van der Waals surface area contributed by atoms with Crippen LogP contribution < -0.4 is 0 Å². The topological polar surface area (TPSA) is 36.9 Å². The molecule has 0 aromatic heterocycles. The molecule has 0 amide bonds. The molecule has 0 N–H and O–H groups in total. The molecule has 1 unspecified atom stereocenters. The van der Waals surface area contributed by atoms with Gasteiger partial charge in [-0.3, -0.25) is 0 Å². The second kappa shape index (κ2) is 13.3. The van der Waals surface area contributed by atoms with Crippen molar-refractivity contribution in [2.24, 2.45) is 0 Å². The molecule has 21 heavy (non-hydrogen) atoms. The van der Waals surface area contributed by atoms with E-state index >= 15 is 0 Å². The first-order chi connectivity index (χ1) is 10.1. The zero-order valence-corrected chi connectivity index (χ0v) is 15.5.